The minimum Gasteiger partial charge on any atom is -0.490 e. The van der Waals surface area contributed by atoms with E-state index in [-0.39, 0.29) is 22.1 Å². The normalized spacial score (nSPS) is 23.5. The highest BCUT2D eigenvalue weighted by Crippen LogP contribution is 2.50. The van der Waals surface area contributed by atoms with Gasteiger partial charge in [-0.25, -0.2) is 0 Å². The van der Waals surface area contributed by atoms with Crippen LogP contribution in [-0.4, -0.2) is 43.6 Å². The molecule has 1 unspecified atom stereocenters. The molecule has 3 rings (SSSR count). The summed E-state index contributed by atoms with van der Waals surface area (Å²) in [7, 11) is 3.66. The maximum absolute atomic E-state index is 11.2. The van der Waals surface area contributed by atoms with Gasteiger partial charge >= 0.3 is 5.69 Å². The second kappa shape index (κ2) is 6.09. The first-order valence-electron chi connectivity index (χ1n) is 8.28. The Kier molecular flexibility index (Phi) is 4.29. The first kappa shape index (κ1) is 16.2. The van der Waals surface area contributed by atoms with Gasteiger partial charge in [-0.3, -0.25) is 10.1 Å². The summed E-state index contributed by atoms with van der Waals surface area (Å²) in [5.41, 5.74) is 2.57. The monoisotopic (exact) mass is 319 g/mol. The molecular weight excluding hydrogens is 294 g/mol. The van der Waals surface area contributed by atoms with Crippen molar-refractivity contribution in [2.75, 3.05) is 33.8 Å². The number of nitro benzene ring substituents is 1. The summed E-state index contributed by atoms with van der Waals surface area (Å²) in [5.74, 6) is 0.360. The molecule has 2 aliphatic rings. The van der Waals surface area contributed by atoms with Crippen LogP contribution in [0.4, 0.5) is 5.69 Å². The molecule has 2 heterocycles. The number of nitro groups is 1. The number of ether oxygens (including phenoxy) is 1. The average Bonchev–Trinajstić information content (AvgIpc) is 2.54. The predicted molar refractivity (Wildman–Crippen MR) is 88.9 cm³/mol. The highest BCUT2D eigenvalue weighted by Gasteiger charge is 2.49. The maximum atomic E-state index is 11.2. The lowest BCUT2D eigenvalue weighted by Crippen LogP contribution is -2.60. The lowest BCUT2D eigenvalue weighted by Gasteiger charge is -2.55. The summed E-state index contributed by atoms with van der Waals surface area (Å²) in [4.78, 5) is 13.3. The molecule has 0 bridgehead atoms. The molecule has 1 aromatic rings. The van der Waals surface area contributed by atoms with E-state index in [0.29, 0.717) is 5.75 Å². The third-order valence-electron chi connectivity index (χ3n) is 5.58. The van der Waals surface area contributed by atoms with Crippen LogP contribution in [0.1, 0.15) is 36.9 Å². The van der Waals surface area contributed by atoms with Crippen LogP contribution in [0.15, 0.2) is 12.1 Å². The molecule has 23 heavy (non-hydrogen) atoms. The van der Waals surface area contributed by atoms with E-state index in [0.717, 1.165) is 31.6 Å². The number of aryl methyl sites for hydroxylation is 1. The van der Waals surface area contributed by atoms with Crippen LogP contribution < -0.4 is 10.1 Å². The van der Waals surface area contributed by atoms with Crippen molar-refractivity contribution in [2.45, 2.75) is 32.2 Å². The Morgan fingerprint density at radius 3 is 2.61 bits per heavy atom. The zero-order valence-corrected chi connectivity index (χ0v) is 14.1. The molecule has 1 N–H and O–H groups in total. The molecule has 0 aliphatic carbocycles. The fraction of sp³-hybridized carbons (Fsp3) is 0.647. The molecule has 1 spiro atoms. The van der Waals surface area contributed by atoms with E-state index in [1.165, 1.54) is 25.5 Å². The summed E-state index contributed by atoms with van der Waals surface area (Å²) < 4.78 is 5.28. The SMILES string of the molecule is CCc1cc([N+](=O)[O-])c(OC)cc1C1NCC12CCN(C)CC2. The largest absolute Gasteiger partial charge is 0.490 e. The van der Waals surface area contributed by atoms with E-state index in [1.54, 1.807) is 6.07 Å². The minimum absolute atomic E-state index is 0.0600. The van der Waals surface area contributed by atoms with Gasteiger partial charge in [-0.1, -0.05) is 6.92 Å². The molecule has 0 amide bonds. The molecule has 2 saturated heterocycles. The number of hydrogen-bond acceptors (Lipinski definition) is 5. The smallest absolute Gasteiger partial charge is 0.311 e. The second-order valence-corrected chi connectivity index (χ2v) is 6.81. The standard InChI is InChI=1S/C17H25N3O3/c1-4-12-9-14(20(21)22)15(23-3)10-13(12)16-17(11-18-16)5-7-19(2)8-6-17/h9-10,16,18H,4-8,11H2,1-3H3. The number of methoxy groups -OCH3 is 1. The van der Waals surface area contributed by atoms with Gasteiger partial charge in [0.15, 0.2) is 5.75 Å². The number of benzene rings is 1. The highest BCUT2D eigenvalue weighted by atomic mass is 16.6. The fourth-order valence-electron chi connectivity index (χ4n) is 3.97. The number of hydrogen-bond donors (Lipinski definition) is 1. The summed E-state index contributed by atoms with van der Waals surface area (Å²) in [6, 6.07) is 3.85. The van der Waals surface area contributed by atoms with Crippen LogP contribution in [-0.2, 0) is 6.42 Å². The first-order valence-corrected chi connectivity index (χ1v) is 8.28. The van der Waals surface area contributed by atoms with Gasteiger partial charge in [0.05, 0.1) is 12.0 Å². The molecule has 2 fully saturated rings. The van der Waals surface area contributed by atoms with Crippen molar-refractivity contribution in [3.8, 4) is 5.75 Å². The van der Waals surface area contributed by atoms with E-state index < -0.39 is 0 Å². The molecule has 0 radical (unpaired) electrons. The van der Waals surface area contributed by atoms with E-state index in [1.807, 2.05) is 6.07 Å². The summed E-state index contributed by atoms with van der Waals surface area (Å²) in [5, 5.41) is 14.8. The van der Waals surface area contributed by atoms with Crippen molar-refractivity contribution in [1.29, 1.82) is 0 Å². The van der Waals surface area contributed by atoms with Crippen LogP contribution in [0.5, 0.6) is 5.75 Å². The Balaban J connectivity index is 1.97. The number of nitrogens with zero attached hydrogens (tertiary/aromatic N) is 2. The predicted octanol–water partition coefficient (Wildman–Crippen LogP) is 2.52. The van der Waals surface area contributed by atoms with Gasteiger partial charge in [-0.15, -0.1) is 0 Å². The van der Waals surface area contributed by atoms with E-state index in [4.69, 9.17) is 4.74 Å². The van der Waals surface area contributed by atoms with Crippen LogP contribution in [0.25, 0.3) is 0 Å². The van der Waals surface area contributed by atoms with Crippen molar-refractivity contribution >= 4 is 5.69 Å². The first-order chi connectivity index (χ1) is 11.0. The number of rotatable bonds is 4. The van der Waals surface area contributed by atoms with E-state index in [2.05, 4.69) is 24.2 Å². The van der Waals surface area contributed by atoms with Gasteiger partial charge < -0.3 is 15.0 Å². The van der Waals surface area contributed by atoms with Crippen molar-refractivity contribution in [1.82, 2.24) is 10.2 Å². The molecule has 126 valence electrons. The van der Waals surface area contributed by atoms with Crippen LogP contribution in [0, 0.1) is 15.5 Å². The molecule has 1 atom stereocenters. The van der Waals surface area contributed by atoms with Gasteiger partial charge in [-0.05, 0) is 56.6 Å². The molecular formula is C17H25N3O3. The number of piperidine rings is 1. The third kappa shape index (κ3) is 2.70. The van der Waals surface area contributed by atoms with Crippen molar-refractivity contribution in [3.05, 3.63) is 33.4 Å². The number of nitrogens with one attached hydrogen (secondary N) is 1. The Hall–Kier alpha value is -1.66. The maximum Gasteiger partial charge on any atom is 0.311 e. The van der Waals surface area contributed by atoms with E-state index in [9.17, 15) is 10.1 Å². The summed E-state index contributed by atoms with van der Waals surface area (Å²) in [6.07, 6.45) is 3.13. The minimum atomic E-state index is -0.360. The molecule has 0 saturated carbocycles. The van der Waals surface area contributed by atoms with Crippen molar-refractivity contribution < 1.29 is 9.66 Å². The van der Waals surface area contributed by atoms with E-state index >= 15 is 0 Å². The van der Waals surface area contributed by atoms with Gasteiger partial charge in [0.1, 0.15) is 0 Å². The molecule has 6 heteroatoms. The Morgan fingerprint density at radius 2 is 2.13 bits per heavy atom. The second-order valence-electron chi connectivity index (χ2n) is 6.81. The lowest BCUT2D eigenvalue weighted by atomic mass is 9.64. The molecule has 1 aromatic carbocycles. The zero-order valence-electron chi connectivity index (χ0n) is 14.1. The fourth-order valence-corrected chi connectivity index (χ4v) is 3.97. The quantitative estimate of drug-likeness (QED) is 0.682. The van der Waals surface area contributed by atoms with Gasteiger partial charge in [0, 0.05) is 24.1 Å². The van der Waals surface area contributed by atoms with Gasteiger partial charge in [-0.2, -0.15) is 0 Å². The third-order valence-corrected chi connectivity index (χ3v) is 5.58. The van der Waals surface area contributed by atoms with Crippen LogP contribution >= 0.6 is 0 Å². The number of likely N-dealkylation sites (tertiary alicyclic amines) is 1. The van der Waals surface area contributed by atoms with Crippen molar-refractivity contribution in [2.24, 2.45) is 5.41 Å². The van der Waals surface area contributed by atoms with Crippen molar-refractivity contribution in [3.63, 3.8) is 0 Å². The topological polar surface area (TPSA) is 67.6 Å². The van der Waals surface area contributed by atoms with Gasteiger partial charge in [0.2, 0.25) is 0 Å². The molecule has 0 aromatic heterocycles. The zero-order chi connectivity index (χ0) is 16.6. The van der Waals surface area contributed by atoms with Crippen LogP contribution in [0.2, 0.25) is 0 Å². The summed E-state index contributed by atoms with van der Waals surface area (Å²) >= 11 is 0. The average molecular weight is 319 g/mol. The lowest BCUT2D eigenvalue weighted by molar-refractivity contribution is -0.385. The summed E-state index contributed by atoms with van der Waals surface area (Å²) in [6.45, 7) is 5.32. The molecule has 6 nitrogen and oxygen atoms in total. The highest BCUT2D eigenvalue weighted by molar-refractivity contribution is 5.54. The Morgan fingerprint density at radius 1 is 1.43 bits per heavy atom. The van der Waals surface area contributed by atoms with Crippen LogP contribution in [0.3, 0.4) is 0 Å². The molecule has 2 aliphatic heterocycles. The van der Waals surface area contributed by atoms with Gasteiger partial charge in [0.25, 0.3) is 0 Å². The Labute approximate surface area is 137 Å². The Bertz CT molecular complexity index is 609.